The van der Waals surface area contributed by atoms with E-state index in [4.69, 9.17) is 10.2 Å². The molecule has 0 radical (unpaired) electrons. The number of nitrogens with zero attached hydrogens (tertiary/aromatic N) is 1. The number of hydrogen-bond donors (Lipinski definition) is 3. The molecule has 0 saturated heterocycles. The van der Waals surface area contributed by atoms with Crippen LogP contribution in [0, 0.1) is 13.8 Å². The number of rotatable bonds is 5. The Morgan fingerprint density at radius 1 is 1.53 bits per heavy atom. The largest absolute Gasteiger partial charge is 0.479 e. The van der Waals surface area contributed by atoms with Gasteiger partial charge in [-0.05, 0) is 13.8 Å². The third-order valence-electron chi connectivity index (χ3n) is 1.99. The number of aryl methyl sites for hydroxylation is 2. The molecule has 0 aliphatic rings. The van der Waals surface area contributed by atoms with Gasteiger partial charge in [-0.2, -0.15) is 0 Å². The Morgan fingerprint density at radius 3 is 2.53 bits per heavy atom. The second-order valence-corrected chi connectivity index (χ2v) is 5.06. The lowest BCUT2D eigenvalue weighted by atomic mass is 10.4. The Kier molecular flexibility index (Phi) is 3.86. The molecule has 0 aliphatic heterocycles. The van der Waals surface area contributed by atoms with Crippen LogP contribution in [0.3, 0.4) is 0 Å². The predicted octanol–water partition coefficient (Wildman–Crippen LogP) is -0.985. The minimum atomic E-state index is -3.94. The van der Waals surface area contributed by atoms with Gasteiger partial charge in [-0.15, -0.1) is 0 Å². The molecule has 0 aliphatic carbocycles. The van der Waals surface area contributed by atoms with Gasteiger partial charge in [0.2, 0.25) is 10.0 Å². The maximum Gasteiger partial charge on any atom is 0.333 e. The molecule has 0 spiro atoms. The zero-order valence-electron chi connectivity index (χ0n) is 9.17. The molecular weight excluding hydrogens is 252 g/mol. The highest BCUT2D eigenvalue weighted by molar-refractivity contribution is 7.89. The molecular formula is C8H12N2O6S. The average Bonchev–Trinajstić information content (AvgIpc) is 2.55. The second-order valence-electron chi connectivity index (χ2n) is 3.36. The van der Waals surface area contributed by atoms with Crippen molar-refractivity contribution in [1.29, 1.82) is 0 Å². The second kappa shape index (κ2) is 4.82. The molecule has 1 rings (SSSR count). The van der Waals surface area contributed by atoms with E-state index in [-0.39, 0.29) is 16.3 Å². The van der Waals surface area contributed by atoms with Crippen LogP contribution in [-0.2, 0) is 14.8 Å². The van der Waals surface area contributed by atoms with E-state index in [1.54, 1.807) is 0 Å². The van der Waals surface area contributed by atoms with Crippen molar-refractivity contribution in [3.63, 3.8) is 0 Å². The number of aromatic nitrogens is 1. The summed E-state index contributed by atoms with van der Waals surface area (Å²) in [5, 5.41) is 20.8. The highest BCUT2D eigenvalue weighted by Gasteiger charge is 2.25. The molecule has 1 atom stereocenters. The van der Waals surface area contributed by atoms with Crippen LogP contribution in [-0.4, -0.2) is 42.4 Å². The Bertz CT molecular complexity index is 501. The average molecular weight is 264 g/mol. The van der Waals surface area contributed by atoms with Crippen molar-refractivity contribution in [3.8, 4) is 0 Å². The minimum absolute atomic E-state index is 0.0971. The van der Waals surface area contributed by atoms with Crippen molar-refractivity contribution < 1.29 is 27.9 Å². The van der Waals surface area contributed by atoms with Crippen LogP contribution in [0.4, 0.5) is 0 Å². The van der Waals surface area contributed by atoms with Crippen LogP contribution in [0.15, 0.2) is 9.42 Å². The molecule has 0 amide bonds. The van der Waals surface area contributed by atoms with Crippen molar-refractivity contribution in [2.75, 3.05) is 6.54 Å². The zero-order valence-corrected chi connectivity index (χ0v) is 9.98. The number of aliphatic carboxylic acids is 1. The highest BCUT2D eigenvalue weighted by Crippen LogP contribution is 2.18. The summed E-state index contributed by atoms with van der Waals surface area (Å²) in [5.41, 5.74) is 0.166. The van der Waals surface area contributed by atoms with Gasteiger partial charge in [-0.25, -0.2) is 17.9 Å². The van der Waals surface area contributed by atoms with Gasteiger partial charge in [-0.3, -0.25) is 0 Å². The Hall–Kier alpha value is -1.45. The molecule has 3 N–H and O–H groups in total. The van der Waals surface area contributed by atoms with E-state index in [1.165, 1.54) is 13.8 Å². The van der Waals surface area contributed by atoms with Gasteiger partial charge in [0, 0.05) is 6.54 Å². The molecule has 17 heavy (non-hydrogen) atoms. The summed E-state index contributed by atoms with van der Waals surface area (Å²) in [6, 6.07) is 0. The molecule has 96 valence electrons. The normalized spacial score (nSPS) is 13.6. The number of carbonyl (C=O) groups is 1. The molecule has 1 unspecified atom stereocenters. The minimum Gasteiger partial charge on any atom is -0.479 e. The number of aliphatic hydroxyl groups excluding tert-OH is 1. The van der Waals surface area contributed by atoms with Gasteiger partial charge in [-0.1, -0.05) is 5.16 Å². The maximum absolute atomic E-state index is 11.7. The molecule has 1 heterocycles. The lowest BCUT2D eigenvalue weighted by Crippen LogP contribution is -2.36. The number of aliphatic hydroxyl groups is 1. The topological polar surface area (TPSA) is 130 Å². The van der Waals surface area contributed by atoms with E-state index >= 15 is 0 Å². The summed E-state index contributed by atoms with van der Waals surface area (Å²) in [4.78, 5) is 10.2. The lowest BCUT2D eigenvalue weighted by Gasteiger charge is -2.08. The Labute approximate surface area is 97.3 Å². The number of nitrogens with one attached hydrogen (secondary N) is 1. The molecule has 1 aromatic rings. The Balaban J connectivity index is 2.87. The van der Waals surface area contributed by atoms with Crippen LogP contribution < -0.4 is 4.72 Å². The fourth-order valence-electron chi connectivity index (χ4n) is 1.21. The molecule has 0 aromatic carbocycles. The Morgan fingerprint density at radius 2 is 2.12 bits per heavy atom. The first-order valence-corrected chi connectivity index (χ1v) is 6.07. The van der Waals surface area contributed by atoms with Crippen LogP contribution in [0.1, 0.15) is 11.5 Å². The fourth-order valence-corrected chi connectivity index (χ4v) is 2.57. The maximum atomic E-state index is 11.7. The van der Waals surface area contributed by atoms with Gasteiger partial charge >= 0.3 is 5.97 Å². The summed E-state index contributed by atoms with van der Waals surface area (Å²) >= 11 is 0. The van der Waals surface area contributed by atoms with E-state index in [1.807, 2.05) is 4.72 Å². The van der Waals surface area contributed by atoms with Crippen molar-refractivity contribution in [2.24, 2.45) is 0 Å². The molecule has 1 aromatic heterocycles. The van der Waals surface area contributed by atoms with Crippen molar-refractivity contribution in [2.45, 2.75) is 24.8 Å². The first-order chi connectivity index (χ1) is 7.75. The van der Waals surface area contributed by atoms with E-state index < -0.39 is 28.6 Å². The molecule has 0 fully saturated rings. The number of sulfonamides is 1. The third-order valence-corrected chi connectivity index (χ3v) is 3.66. The van der Waals surface area contributed by atoms with E-state index in [0.717, 1.165) is 0 Å². The van der Waals surface area contributed by atoms with Crippen molar-refractivity contribution >= 4 is 16.0 Å². The summed E-state index contributed by atoms with van der Waals surface area (Å²) in [6.07, 6.45) is -1.80. The van der Waals surface area contributed by atoms with Gasteiger partial charge in [0.15, 0.2) is 11.9 Å². The summed E-state index contributed by atoms with van der Waals surface area (Å²) in [7, 11) is -3.94. The van der Waals surface area contributed by atoms with Crippen LogP contribution in [0.5, 0.6) is 0 Å². The van der Waals surface area contributed by atoms with Crippen LogP contribution in [0.2, 0.25) is 0 Å². The van der Waals surface area contributed by atoms with Gasteiger partial charge in [0.1, 0.15) is 10.6 Å². The molecule has 9 heteroatoms. The molecule has 8 nitrogen and oxygen atoms in total. The van der Waals surface area contributed by atoms with Crippen molar-refractivity contribution in [3.05, 3.63) is 11.5 Å². The lowest BCUT2D eigenvalue weighted by molar-refractivity contribution is -0.146. The third kappa shape index (κ3) is 3.02. The number of carboxylic acid groups (broad SMARTS) is 1. The first-order valence-electron chi connectivity index (χ1n) is 4.59. The fraction of sp³-hybridized carbons (Fsp3) is 0.500. The number of carboxylic acids is 1. The quantitative estimate of drug-likeness (QED) is 0.622. The smallest absolute Gasteiger partial charge is 0.333 e. The summed E-state index contributed by atoms with van der Waals surface area (Å²) in [6.45, 7) is 2.24. The zero-order chi connectivity index (χ0) is 13.2. The van der Waals surface area contributed by atoms with Gasteiger partial charge in [0.25, 0.3) is 0 Å². The monoisotopic (exact) mass is 264 g/mol. The standard InChI is InChI=1S/C8H12N2O6S/c1-4-7(5(2)16-10-4)17(14,15)9-3-6(11)8(12)13/h6,9,11H,3H2,1-2H3,(H,12,13). The summed E-state index contributed by atoms with van der Waals surface area (Å²) < 4.78 is 30.1. The highest BCUT2D eigenvalue weighted by atomic mass is 32.2. The van der Waals surface area contributed by atoms with E-state index in [2.05, 4.69) is 9.68 Å². The number of hydrogen-bond acceptors (Lipinski definition) is 6. The van der Waals surface area contributed by atoms with Crippen LogP contribution in [0.25, 0.3) is 0 Å². The van der Waals surface area contributed by atoms with Gasteiger partial charge in [0.05, 0.1) is 0 Å². The van der Waals surface area contributed by atoms with E-state index in [9.17, 15) is 13.2 Å². The molecule has 0 saturated carbocycles. The summed E-state index contributed by atoms with van der Waals surface area (Å²) in [5.74, 6) is -1.41. The van der Waals surface area contributed by atoms with Gasteiger partial charge < -0.3 is 14.7 Å². The first kappa shape index (κ1) is 13.6. The predicted molar refractivity (Wildman–Crippen MR) is 54.8 cm³/mol. The van der Waals surface area contributed by atoms with E-state index in [0.29, 0.717) is 0 Å². The van der Waals surface area contributed by atoms with Crippen LogP contribution >= 0.6 is 0 Å². The molecule has 0 bridgehead atoms. The SMILES string of the molecule is Cc1noc(C)c1S(=O)(=O)NCC(O)C(=O)O. The van der Waals surface area contributed by atoms with Crippen molar-refractivity contribution in [1.82, 2.24) is 9.88 Å².